The van der Waals surface area contributed by atoms with E-state index in [4.69, 9.17) is 0 Å². The zero-order valence-electron chi connectivity index (χ0n) is 15.6. The minimum absolute atomic E-state index is 0.0453. The number of carbonyl (C=O) groups excluding carboxylic acids is 1. The highest BCUT2D eigenvalue weighted by Gasteiger charge is 2.46. The molecule has 158 valence electrons. The number of benzene rings is 1. The Bertz CT molecular complexity index is 930. The molecule has 1 unspecified atom stereocenters. The van der Waals surface area contributed by atoms with Gasteiger partial charge in [-0.1, -0.05) is 12.1 Å². The fraction of sp³-hybridized carbons (Fsp3) is 0.444. The normalized spacial score (nSPS) is 18.2. The third-order valence-electron chi connectivity index (χ3n) is 4.96. The first-order chi connectivity index (χ1) is 13.6. The van der Waals surface area contributed by atoms with Gasteiger partial charge >= 0.3 is 6.18 Å². The first-order valence-electron chi connectivity index (χ1n) is 8.96. The topological polar surface area (TPSA) is 95.2 Å². The fourth-order valence-corrected chi connectivity index (χ4v) is 4.91. The first kappa shape index (κ1) is 21.2. The van der Waals surface area contributed by atoms with Crippen molar-refractivity contribution < 1.29 is 26.4 Å². The Morgan fingerprint density at radius 2 is 1.83 bits per heavy atom. The smallest absolute Gasteiger partial charge is 0.353 e. The molecule has 2 N–H and O–H groups in total. The number of carbonyl (C=O) groups is 1. The molecular formula is C18H21F3N4O3S. The number of hydrogen-bond acceptors (Lipinski definition) is 5. The lowest BCUT2D eigenvalue weighted by Gasteiger charge is -2.34. The molecule has 1 aromatic heterocycles. The van der Waals surface area contributed by atoms with Crippen LogP contribution >= 0.6 is 0 Å². The molecule has 3 rings (SSSR count). The van der Waals surface area contributed by atoms with Crippen LogP contribution in [0, 0.1) is 5.92 Å². The second kappa shape index (κ2) is 8.05. The largest absolute Gasteiger partial charge is 0.413 e. The quantitative estimate of drug-likeness (QED) is 0.760. The molecule has 7 nitrogen and oxygen atoms in total. The van der Waals surface area contributed by atoms with E-state index in [2.05, 4.69) is 15.5 Å². The summed E-state index contributed by atoms with van der Waals surface area (Å²) in [7, 11) is -2.10. The highest BCUT2D eigenvalue weighted by molar-refractivity contribution is 7.91. The van der Waals surface area contributed by atoms with Crippen LogP contribution in [0.1, 0.15) is 24.4 Å². The molecule has 29 heavy (non-hydrogen) atoms. The summed E-state index contributed by atoms with van der Waals surface area (Å²) < 4.78 is 64.4. The van der Waals surface area contributed by atoms with Crippen molar-refractivity contribution in [1.82, 2.24) is 15.1 Å². The van der Waals surface area contributed by atoms with Crippen LogP contribution < -0.4 is 5.32 Å². The molecule has 2 heterocycles. The van der Waals surface area contributed by atoms with Crippen molar-refractivity contribution in [2.45, 2.75) is 25.1 Å². The second-order valence-corrected chi connectivity index (χ2v) is 9.36. The van der Waals surface area contributed by atoms with Gasteiger partial charge in [-0.3, -0.25) is 9.89 Å². The summed E-state index contributed by atoms with van der Waals surface area (Å²) in [6.07, 6.45) is -1.45. The second-order valence-electron chi connectivity index (χ2n) is 7.05. The molecule has 1 amide bonds. The number of alkyl halides is 3. The van der Waals surface area contributed by atoms with E-state index < -0.39 is 33.9 Å². The number of sulfone groups is 1. The van der Waals surface area contributed by atoms with Gasteiger partial charge in [0.25, 0.3) is 0 Å². The van der Waals surface area contributed by atoms with Crippen molar-refractivity contribution in [2.24, 2.45) is 5.92 Å². The number of aromatic nitrogens is 2. The Morgan fingerprint density at radius 3 is 2.34 bits per heavy atom. The Labute approximate surface area is 166 Å². The van der Waals surface area contributed by atoms with Gasteiger partial charge in [-0.25, -0.2) is 8.42 Å². The standard InChI is InChI=1S/C18H21F3N4O3S/c1-25(17(26)13-6-8-29(27,28)9-7-13)16(18(19,20)21)12-2-4-14(5-3-12)24-15-10-22-23-11-15/h2-5,10-11,13,16,24H,6-9H2,1H3,(H,22,23). The van der Waals surface area contributed by atoms with E-state index in [-0.39, 0.29) is 29.9 Å². The van der Waals surface area contributed by atoms with E-state index in [9.17, 15) is 26.4 Å². The molecule has 0 radical (unpaired) electrons. The van der Waals surface area contributed by atoms with Crippen molar-refractivity contribution in [2.75, 3.05) is 23.9 Å². The summed E-state index contributed by atoms with van der Waals surface area (Å²) in [6.45, 7) is 0. The lowest BCUT2D eigenvalue weighted by molar-refractivity contribution is -0.190. The summed E-state index contributed by atoms with van der Waals surface area (Å²) in [5.41, 5.74) is 1.15. The van der Waals surface area contributed by atoms with E-state index in [0.29, 0.717) is 16.3 Å². The third-order valence-corrected chi connectivity index (χ3v) is 6.68. The summed E-state index contributed by atoms with van der Waals surface area (Å²) >= 11 is 0. The predicted molar refractivity (Wildman–Crippen MR) is 101 cm³/mol. The molecule has 0 spiro atoms. The van der Waals surface area contributed by atoms with Gasteiger partial charge in [0, 0.05) is 24.8 Å². The van der Waals surface area contributed by atoms with Crippen LogP contribution in [0.2, 0.25) is 0 Å². The van der Waals surface area contributed by atoms with Crippen molar-refractivity contribution in [3.05, 3.63) is 42.2 Å². The van der Waals surface area contributed by atoms with Crippen LogP contribution in [0.5, 0.6) is 0 Å². The van der Waals surface area contributed by atoms with Gasteiger partial charge in [0.2, 0.25) is 5.91 Å². The highest BCUT2D eigenvalue weighted by atomic mass is 32.2. The number of rotatable bonds is 5. The zero-order chi connectivity index (χ0) is 21.2. The molecule has 0 bridgehead atoms. The molecule has 0 saturated carbocycles. The number of halogens is 3. The molecule has 1 aliphatic heterocycles. The number of H-pyrrole nitrogens is 1. The molecular weight excluding hydrogens is 409 g/mol. The Balaban J connectivity index is 1.78. The van der Waals surface area contributed by atoms with Crippen molar-refractivity contribution in [1.29, 1.82) is 0 Å². The van der Waals surface area contributed by atoms with Gasteiger partial charge in [-0.2, -0.15) is 18.3 Å². The van der Waals surface area contributed by atoms with Gasteiger partial charge in [0.15, 0.2) is 6.04 Å². The Hall–Kier alpha value is -2.56. The molecule has 1 saturated heterocycles. The summed E-state index contributed by atoms with van der Waals surface area (Å²) in [6, 6.07) is 3.50. The molecule has 1 atom stereocenters. The maximum atomic E-state index is 13.8. The zero-order valence-corrected chi connectivity index (χ0v) is 16.4. The fourth-order valence-electron chi connectivity index (χ4n) is 3.42. The lowest BCUT2D eigenvalue weighted by Crippen LogP contribution is -2.44. The summed E-state index contributed by atoms with van der Waals surface area (Å²) in [5, 5.41) is 9.38. The number of anilines is 2. The monoisotopic (exact) mass is 430 g/mol. The number of hydrogen-bond donors (Lipinski definition) is 2. The summed E-state index contributed by atoms with van der Waals surface area (Å²) in [5.74, 6) is -1.77. The molecule has 1 aromatic carbocycles. The van der Waals surface area contributed by atoms with Crippen LogP contribution in [-0.2, 0) is 14.6 Å². The predicted octanol–water partition coefficient (Wildman–Crippen LogP) is 3.04. The highest BCUT2D eigenvalue weighted by Crippen LogP contribution is 2.39. The van der Waals surface area contributed by atoms with E-state index in [0.717, 1.165) is 7.05 Å². The third kappa shape index (κ3) is 5.08. The van der Waals surface area contributed by atoms with Crippen LogP contribution in [-0.4, -0.2) is 54.2 Å². The minimum Gasteiger partial charge on any atom is -0.353 e. The maximum Gasteiger partial charge on any atom is 0.413 e. The van der Waals surface area contributed by atoms with Gasteiger partial charge in [-0.05, 0) is 30.5 Å². The average molecular weight is 430 g/mol. The number of aromatic amines is 1. The van der Waals surface area contributed by atoms with Gasteiger partial charge in [0.05, 0.1) is 23.4 Å². The van der Waals surface area contributed by atoms with Crippen LogP contribution in [0.15, 0.2) is 36.7 Å². The SMILES string of the molecule is CN(C(=O)C1CCS(=O)(=O)CC1)C(c1ccc(Nc2cn[nH]c2)cc1)C(F)(F)F. The average Bonchev–Trinajstić information content (AvgIpc) is 3.14. The first-order valence-corrected chi connectivity index (χ1v) is 10.8. The molecule has 11 heteroatoms. The maximum absolute atomic E-state index is 13.8. The lowest BCUT2D eigenvalue weighted by atomic mass is 9.98. The number of nitrogens with one attached hydrogen (secondary N) is 2. The van der Waals surface area contributed by atoms with E-state index >= 15 is 0 Å². The van der Waals surface area contributed by atoms with E-state index in [1.165, 1.54) is 30.5 Å². The van der Waals surface area contributed by atoms with Crippen molar-refractivity contribution in [3.63, 3.8) is 0 Å². The van der Waals surface area contributed by atoms with E-state index in [1.54, 1.807) is 6.20 Å². The molecule has 1 fully saturated rings. The Kier molecular flexibility index (Phi) is 5.87. The number of amides is 1. The van der Waals surface area contributed by atoms with Gasteiger partial charge in [-0.15, -0.1) is 0 Å². The van der Waals surface area contributed by atoms with Crippen LogP contribution in [0.3, 0.4) is 0 Å². The molecule has 2 aromatic rings. The Morgan fingerprint density at radius 1 is 1.21 bits per heavy atom. The number of nitrogens with zero attached hydrogens (tertiary/aromatic N) is 2. The summed E-state index contributed by atoms with van der Waals surface area (Å²) in [4.78, 5) is 13.3. The molecule has 1 aliphatic rings. The van der Waals surface area contributed by atoms with Gasteiger partial charge in [0.1, 0.15) is 9.84 Å². The minimum atomic E-state index is -4.68. The van der Waals surface area contributed by atoms with Crippen molar-refractivity contribution >= 4 is 27.1 Å². The van der Waals surface area contributed by atoms with Crippen molar-refractivity contribution in [3.8, 4) is 0 Å². The molecule has 0 aliphatic carbocycles. The van der Waals surface area contributed by atoms with Gasteiger partial charge < -0.3 is 10.2 Å². The van der Waals surface area contributed by atoms with Crippen LogP contribution in [0.4, 0.5) is 24.5 Å². The van der Waals surface area contributed by atoms with E-state index in [1.807, 2.05) is 0 Å². The van der Waals surface area contributed by atoms with Crippen LogP contribution in [0.25, 0.3) is 0 Å².